The number of halogens is 1. The summed E-state index contributed by atoms with van der Waals surface area (Å²) in [5.74, 6) is 1.78. The van der Waals surface area contributed by atoms with E-state index in [0.717, 1.165) is 34.9 Å². The number of ether oxygens (including phenoxy) is 1. The molecule has 0 unspecified atom stereocenters. The van der Waals surface area contributed by atoms with Crippen molar-refractivity contribution >= 4 is 49.8 Å². The van der Waals surface area contributed by atoms with Crippen molar-refractivity contribution in [2.75, 3.05) is 60.4 Å². The molecule has 6 rings (SSSR count). The zero-order chi connectivity index (χ0) is 31.0. The Kier molecular flexibility index (Phi) is 8.42. The topological polar surface area (TPSA) is 130 Å². The number of anilines is 4. The van der Waals surface area contributed by atoms with Gasteiger partial charge in [0.25, 0.3) is 0 Å². The molecule has 11 nitrogen and oxygen atoms in total. The predicted molar refractivity (Wildman–Crippen MR) is 169 cm³/mol. The minimum absolute atomic E-state index is 0.00766. The fourth-order valence-electron chi connectivity index (χ4n) is 6.53. The van der Waals surface area contributed by atoms with E-state index in [9.17, 15) is 17.6 Å². The molecule has 0 radical (unpaired) electrons. The molecule has 1 saturated carbocycles. The molecule has 4 heterocycles. The molecule has 44 heavy (non-hydrogen) atoms. The molecule has 234 valence electrons. The number of hydrogen-bond acceptors (Lipinski definition) is 10. The van der Waals surface area contributed by atoms with Crippen LogP contribution in [0.5, 0.6) is 0 Å². The highest BCUT2D eigenvalue weighted by Crippen LogP contribution is 2.43. The second kappa shape index (κ2) is 12.3. The van der Waals surface area contributed by atoms with Gasteiger partial charge in [-0.15, -0.1) is 0 Å². The molecule has 1 aliphatic carbocycles. The van der Waals surface area contributed by atoms with Gasteiger partial charge in [-0.3, -0.25) is 4.79 Å². The number of rotatable bonds is 10. The third kappa shape index (κ3) is 6.34. The van der Waals surface area contributed by atoms with Crippen LogP contribution in [0.2, 0.25) is 0 Å². The lowest BCUT2D eigenvalue weighted by Gasteiger charge is -2.42. The van der Waals surface area contributed by atoms with Crippen molar-refractivity contribution in [2.45, 2.75) is 43.5 Å². The summed E-state index contributed by atoms with van der Waals surface area (Å²) in [5, 5.41) is 8.32. The van der Waals surface area contributed by atoms with E-state index in [1.54, 1.807) is 12.3 Å². The van der Waals surface area contributed by atoms with Crippen LogP contribution in [0.3, 0.4) is 0 Å². The lowest BCUT2D eigenvalue weighted by Crippen LogP contribution is -2.49. The first kappa shape index (κ1) is 30.2. The van der Waals surface area contributed by atoms with Crippen LogP contribution in [-0.2, 0) is 19.4 Å². The summed E-state index contributed by atoms with van der Waals surface area (Å²) < 4.78 is 43.4. The van der Waals surface area contributed by atoms with E-state index >= 15 is 0 Å². The van der Waals surface area contributed by atoms with E-state index in [4.69, 9.17) is 9.72 Å². The molecule has 1 aromatic carbocycles. The predicted octanol–water partition coefficient (Wildman–Crippen LogP) is 3.36. The maximum absolute atomic E-state index is 14.5. The number of carbonyl (C=O) groups is 1. The Balaban J connectivity index is 1.28. The minimum atomic E-state index is -3.04. The van der Waals surface area contributed by atoms with Crippen molar-refractivity contribution in [2.24, 2.45) is 5.92 Å². The quantitative estimate of drug-likeness (QED) is 0.325. The molecule has 2 aliphatic heterocycles. The molecule has 3 aromatic rings. The number of fused-ring (bicyclic) bond motifs is 1. The second-order valence-corrected chi connectivity index (χ2v) is 14.2. The van der Waals surface area contributed by atoms with E-state index < -0.39 is 22.1 Å². The largest absolute Gasteiger partial charge is 0.378 e. The fourth-order valence-corrected chi connectivity index (χ4v) is 7.60. The summed E-state index contributed by atoms with van der Waals surface area (Å²) in [5.41, 5.74) is 2.12. The van der Waals surface area contributed by atoms with Gasteiger partial charge in [0.1, 0.15) is 27.6 Å². The van der Waals surface area contributed by atoms with Crippen LogP contribution in [0.15, 0.2) is 49.3 Å². The maximum Gasteiger partial charge on any atom is 0.243 e. The molecular weight excluding hydrogens is 585 g/mol. The van der Waals surface area contributed by atoms with Gasteiger partial charge in [0.15, 0.2) is 0 Å². The van der Waals surface area contributed by atoms with Crippen molar-refractivity contribution in [3.8, 4) is 0 Å². The number of hydrogen-bond donors (Lipinski definition) is 2. The first-order valence-corrected chi connectivity index (χ1v) is 17.0. The highest BCUT2D eigenvalue weighted by molar-refractivity contribution is 7.90. The van der Waals surface area contributed by atoms with Gasteiger partial charge in [-0.1, -0.05) is 12.6 Å². The third-order valence-electron chi connectivity index (χ3n) is 8.90. The molecule has 1 amide bonds. The molecule has 2 N–H and O–H groups in total. The lowest BCUT2D eigenvalue weighted by molar-refractivity contribution is -0.117. The zero-order valence-electron chi connectivity index (χ0n) is 24.9. The summed E-state index contributed by atoms with van der Waals surface area (Å²) in [6.07, 6.45) is 6.88. The number of alkyl halides is 1. The molecule has 0 spiro atoms. The van der Waals surface area contributed by atoms with Crippen LogP contribution in [0, 0.1) is 5.92 Å². The zero-order valence-corrected chi connectivity index (χ0v) is 25.8. The second-order valence-electron chi connectivity index (χ2n) is 12.0. The summed E-state index contributed by atoms with van der Waals surface area (Å²) in [7, 11) is -1.51. The minimum Gasteiger partial charge on any atom is -0.378 e. The first-order chi connectivity index (χ1) is 21.1. The monoisotopic (exact) mass is 623 g/mol. The molecule has 2 aromatic heterocycles. The summed E-state index contributed by atoms with van der Waals surface area (Å²) in [4.78, 5) is 29.8. The van der Waals surface area contributed by atoms with Crippen molar-refractivity contribution in [3.63, 3.8) is 0 Å². The van der Waals surface area contributed by atoms with Crippen molar-refractivity contribution in [3.05, 3.63) is 54.9 Å². The van der Waals surface area contributed by atoms with Gasteiger partial charge in [0.05, 0.1) is 18.4 Å². The lowest BCUT2D eigenvalue weighted by atomic mass is 9.73. The number of pyridine rings is 1. The van der Waals surface area contributed by atoms with Crippen LogP contribution in [-0.4, -0.2) is 92.9 Å². The van der Waals surface area contributed by atoms with Gasteiger partial charge in [-0.05, 0) is 54.5 Å². The average molecular weight is 624 g/mol. The van der Waals surface area contributed by atoms with E-state index in [2.05, 4.69) is 44.2 Å². The normalized spacial score (nSPS) is 24.0. The van der Waals surface area contributed by atoms with Gasteiger partial charge < -0.3 is 25.2 Å². The van der Waals surface area contributed by atoms with Crippen molar-refractivity contribution in [1.29, 1.82) is 0 Å². The smallest absolute Gasteiger partial charge is 0.243 e. The van der Waals surface area contributed by atoms with Crippen LogP contribution in [0.1, 0.15) is 30.7 Å². The molecule has 0 bridgehead atoms. The Morgan fingerprint density at radius 1 is 1.11 bits per heavy atom. The number of carbonyl (C=O) groups excluding carboxylic acids is 1. The Morgan fingerprint density at radius 2 is 1.93 bits per heavy atom. The number of amides is 1. The van der Waals surface area contributed by atoms with Gasteiger partial charge in [-0.2, -0.15) is 4.98 Å². The molecule has 3 fully saturated rings. The van der Waals surface area contributed by atoms with E-state index in [1.807, 2.05) is 17.2 Å². The van der Waals surface area contributed by atoms with Crippen LogP contribution in [0.4, 0.5) is 27.7 Å². The number of sulfone groups is 1. The first-order valence-electron chi connectivity index (χ1n) is 14.9. The average Bonchev–Trinajstić information content (AvgIpc) is 2.97. The summed E-state index contributed by atoms with van der Waals surface area (Å²) >= 11 is 0. The van der Waals surface area contributed by atoms with E-state index in [0.29, 0.717) is 43.6 Å². The molecule has 13 heteroatoms. The molecular formula is C31H38FN7O4S. The highest BCUT2D eigenvalue weighted by atomic mass is 32.2. The van der Waals surface area contributed by atoms with Crippen molar-refractivity contribution in [1.82, 2.24) is 20.3 Å². The van der Waals surface area contributed by atoms with Gasteiger partial charge in [0.2, 0.25) is 11.9 Å². The summed E-state index contributed by atoms with van der Waals surface area (Å²) in [6, 6.07) is 7.94. The number of nitrogens with zero attached hydrogens (tertiary/aromatic N) is 5. The number of benzene rings is 1. The summed E-state index contributed by atoms with van der Waals surface area (Å²) in [6.45, 7) is 5.66. The molecule has 2 saturated heterocycles. The van der Waals surface area contributed by atoms with E-state index in [1.165, 1.54) is 19.4 Å². The Hall–Kier alpha value is -3.84. The highest BCUT2D eigenvalue weighted by Gasteiger charge is 2.36. The van der Waals surface area contributed by atoms with Gasteiger partial charge in [0, 0.05) is 74.3 Å². The fraction of sp³-hybridized carbons (Fsp3) is 0.484. The number of nitrogens with one attached hydrogen (secondary N) is 2. The van der Waals surface area contributed by atoms with Crippen LogP contribution in [0.25, 0.3) is 10.8 Å². The van der Waals surface area contributed by atoms with Gasteiger partial charge >= 0.3 is 0 Å². The molecule has 3 aliphatic rings. The maximum atomic E-state index is 14.5. The number of piperidine rings is 1. The number of methoxy groups -OCH3 is 1. The van der Waals surface area contributed by atoms with Crippen LogP contribution < -0.4 is 20.4 Å². The Labute approximate surface area is 256 Å². The number of aromatic nitrogens is 3. The van der Waals surface area contributed by atoms with Gasteiger partial charge in [-0.25, -0.2) is 22.8 Å². The Bertz CT molecular complexity index is 1670. The standard InChI is InChI=1S/C31H38FN7O4S/c1-4-30(40)35-25-7-5-21(25)20-6-8-26(39-15-19(16-39)18-44(3,41)42)23-14-34-29(13-22(20)23)36-28-9-11-33-31(37-28)38-12-10-27(43-2)24(32)17-38/h4,6,8-9,11,13-14,19,21,24-25,27H,1,5,7,10,12,15-18H2,2-3H3,(H,35,40)(H,33,34,36,37)/t21-,24-,25-,27+/m0/s1. The molecule has 4 atom stereocenters. The van der Waals surface area contributed by atoms with Crippen LogP contribution >= 0.6 is 0 Å². The van der Waals surface area contributed by atoms with Crippen molar-refractivity contribution < 1.29 is 22.3 Å². The van der Waals surface area contributed by atoms with E-state index in [-0.39, 0.29) is 36.1 Å². The third-order valence-corrected chi connectivity index (χ3v) is 9.98. The SMILES string of the molecule is C=CC(=O)N[C@H]1CC[C@H]1c1ccc(N2CC(CS(C)(=O)=O)C2)c2cnc(Nc3ccnc(N4CC[C@@H](OC)[C@@H](F)C4)n3)cc12. The Morgan fingerprint density at radius 3 is 2.61 bits per heavy atom.